The topological polar surface area (TPSA) is 18.5 Å². The van der Waals surface area contributed by atoms with Crippen molar-refractivity contribution < 1.29 is 9.47 Å². The first kappa shape index (κ1) is 7.97. The highest BCUT2D eigenvalue weighted by Crippen LogP contribution is 2.37. The van der Waals surface area contributed by atoms with Crippen LogP contribution < -0.4 is 0 Å². The molecule has 70 valence electrons. The highest BCUT2D eigenvalue weighted by atomic mass is 32.1. The lowest BCUT2D eigenvalue weighted by molar-refractivity contribution is -0.163. The van der Waals surface area contributed by atoms with E-state index in [0.717, 1.165) is 32.5 Å². The fourth-order valence-electron chi connectivity index (χ4n) is 2.17. The maximum absolute atomic E-state index is 5.69. The van der Waals surface area contributed by atoms with Crippen LogP contribution in [0.25, 0.3) is 0 Å². The lowest BCUT2D eigenvalue weighted by Gasteiger charge is -2.31. The van der Waals surface area contributed by atoms with Crippen LogP contribution in [0.2, 0.25) is 0 Å². The molecule has 0 N–H and O–H groups in total. The molecule has 1 fully saturated rings. The van der Waals surface area contributed by atoms with Crippen LogP contribution in [-0.2, 0) is 22.3 Å². The normalized spacial score (nSPS) is 24.9. The summed E-state index contributed by atoms with van der Waals surface area (Å²) in [4.78, 5) is 1.52. The molecule has 0 amide bonds. The second-order valence-electron chi connectivity index (χ2n) is 3.65. The van der Waals surface area contributed by atoms with Crippen LogP contribution in [0, 0.1) is 0 Å². The van der Waals surface area contributed by atoms with Crippen LogP contribution in [0.15, 0.2) is 11.4 Å². The first-order valence-corrected chi connectivity index (χ1v) is 5.59. The Morgan fingerprint density at radius 1 is 1.31 bits per heavy atom. The zero-order valence-electron chi connectivity index (χ0n) is 7.41. The molecule has 13 heavy (non-hydrogen) atoms. The molecular weight excluding hydrogens is 184 g/mol. The summed E-state index contributed by atoms with van der Waals surface area (Å²) >= 11 is 1.86. The van der Waals surface area contributed by atoms with Crippen molar-refractivity contribution in [2.75, 3.05) is 13.2 Å². The monoisotopic (exact) mass is 196 g/mol. The summed E-state index contributed by atoms with van der Waals surface area (Å²) in [6.45, 7) is 1.53. The van der Waals surface area contributed by atoms with Crippen molar-refractivity contribution in [2.24, 2.45) is 0 Å². The van der Waals surface area contributed by atoms with Crippen molar-refractivity contribution in [1.82, 2.24) is 0 Å². The van der Waals surface area contributed by atoms with E-state index in [0.29, 0.717) is 0 Å². The number of hydrogen-bond donors (Lipinski definition) is 0. The molecule has 0 saturated carbocycles. The molecule has 1 spiro atoms. The Balaban J connectivity index is 1.91. The van der Waals surface area contributed by atoms with Gasteiger partial charge in [-0.2, -0.15) is 0 Å². The third-order valence-corrected chi connectivity index (χ3v) is 3.87. The molecule has 3 heteroatoms. The molecule has 0 atom stereocenters. The van der Waals surface area contributed by atoms with Gasteiger partial charge in [0, 0.05) is 17.7 Å². The summed E-state index contributed by atoms with van der Waals surface area (Å²) < 4.78 is 11.4. The predicted molar refractivity (Wildman–Crippen MR) is 51.0 cm³/mol. The molecule has 0 aromatic carbocycles. The molecule has 1 aromatic heterocycles. The van der Waals surface area contributed by atoms with Gasteiger partial charge in [0.1, 0.15) is 0 Å². The van der Waals surface area contributed by atoms with Crippen molar-refractivity contribution in [2.45, 2.75) is 25.0 Å². The number of aryl methyl sites for hydroxylation is 1. The highest BCUT2D eigenvalue weighted by Gasteiger charge is 2.39. The fraction of sp³-hybridized carbons (Fsp3) is 0.600. The second-order valence-corrected chi connectivity index (χ2v) is 4.65. The van der Waals surface area contributed by atoms with Crippen LogP contribution in [0.3, 0.4) is 0 Å². The Bertz CT molecular complexity index is 312. The van der Waals surface area contributed by atoms with Gasteiger partial charge in [-0.15, -0.1) is 11.3 Å². The minimum Gasteiger partial charge on any atom is -0.347 e. The Kier molecular flexibility index (Phi) is 1.72. The molecule has 2 nitrogen and oxygen atoms in total. The van der Waals surface area contributed by atoms with Gasteiger partial charge in [-0.3, -0.25) is 0 Å². The predicted octanol–water partition coefficient (Wildman–Crippen LogP) is 1.98. The lowest BCUT2D eigenvalue weighted by atomic mass is 9.93. The molecule has 0 unspecified atom stereocenters. The SMILES string of the molecule is c1cc2c(s1)CCC1(C2)OCCO1. The lowest BCUT2D eigenvalue weighted by Crippen LogP contribution is -2.36. The van der Waals surface area contributed by atoms with Gasteiger partial charge >= 0.3 is 0 Å². The van der Waals surface area contributed by atoms with E-state index in [1.165, 1.54) is 10.4 Å². The molecule has 1 aliphatic heterocycles. The van der Waals surface area contributed by atoms with Crippen molar-refractivity contribution in [3.8, 4) is 0 Å². The summed E-state index contributed by atoms with van der Waals surface area (Å²) in [7, 11) is 0. The van der Waals surface area contributed by atoms with Crippen LogP contribution >= 0.6 is 11.3 Å². The van der Waals surface area contributed by atoms with Gasteiger partial charge in [0.05, 0.1) is 13.2 Å². The first-order chi connectivity index (χ1) is 6.38. The number of ether oxygens (including phenoxy) is 2. The van der Waals surface area contributed by atoms with Crippen molar-refractivity contribution in [1.29, 1.82) is 0 Å². The molecule has 2 heterocycles. The van der Waals surface area contributed by atoms with Gasteiger partial charge in [-0.1, -0.05) is 0 Å². The minimum atomic E-state index is -0.256. The molecule has 1 saturated heterocycles. The van der Waals surface area contributed by atoms with E-state index in [4.69, 9.17) is 9.47 Å². The van der Waals surface area contributed by atoms with E-state index in [1.54, 1.807) is 0 Å². The fourth-order valence-corrected chi connectivity index (χ4v) is 3.08. The number of fused-ring (bicyclic) bond motifs is 1. The Morgan fingerprint density at radius 3 is 3.00 bits per heavy atom. The zero-order valence-corrected chi connectivity index (χ0v) is 8.23. The highest BCUT2D eigenvalue weighted by molar-refractivity contribution is 7.10. The second kappa shape index (κ2) is 2.80. The van der Waals surface area contributed by atoms with Gasteiger partial charge in [0.25, 0.3) is 0 Å². The maximum atomic E-state index is 5.69. The maximum Gasteiger partial charge on any atom is 0.172 e. The van der Waals surface area contributed by atoms with Crippen molar-refractivity contribution in [3.05, 3.63) is 21.9 Å². The number of rotatable bonds is 0. The van der Waals surface area contributed by atoms with Crippen molar-refractivity contribution >= 4 is 11.3 Å². The molecular formula is C10H12O2S. The van der Waals surface area contributed by atoms with Crippen LogP contribution in [0.4, 0.5) is 0 Å². The van der Waals surface area contributed by atoms with Crippen LogP contribution in [0.5, 0.6) is 0 Å². The van der Waals surface area contributed by atoms with Crippen molar-refractivity contribution in [3.63, 3.8) is 0 Å². The zero-order chi connectivity index (χ0) is 8.73. The van der Waals surface area contributed by atoms with E-state index in [-0.39, 0.29) is 5.79 Å². The number of thiophene rings is 1. The van der Waals surface area contributed by atoms with Crippen LogP contribution in [-0.4, -0.2) is 19.0 Å². The quantitative estimate of drug-likeness (QED) is 0.631. The van der Waals surface area contributed by atoms with Crippen LogP contribution in [0.1, 0.15) is 16.9 Å². The Morgan fingerprint density at radius 2 is 2.15 bits per heavy atom. The van der Waals surface area contributed by atoms with Gasteiger partial charge in [0.2, 0.25) is 0 Å². The van der Waals surface area contributed by atoms with E-state index < -0.39 is 0 Å². The molecule has 1 aromatic rings. The molecule has 1 aliphatic carbocycles. The average Bonchev–Trinajstić information content (AvgIpc) is 2.74. The average molecular weight is 196 g/mol. The Labute approximate surface area is 81.5 Å². The van der Waals surface area contributed by atoms with Gasteiger partial charge in [-0.25, -0.2) is 0 Å². The summed E-state index contributed by atoms with van der Waals surface area (Å²) in [5.74, 6) is -0.256. The smallest absolute Gasteiger partial charge is 0.172 e. The van der Waals surface area contributed by atoms with Gasteiger partial charge in [0.15, 0.2) is 5.79 Å². The van der Waals surface area contributed by atoms with E-state index in [9.17, 15) is 0 Å². The summed E-state index contributed by atoms with van der Waals surface area (Å²) in [5, 5.41) is 2.17. The van der Waals surface area contributed by atoms with E-state index >= 15 is 0 Å². The third kappa shape index (κ3) is 1.23. The molecule has 0 radical (unpaired) electrons. The number of hydrogen-bond acceptors (Lipinski definition) is 3. The summed E-state index contributed by atoms with van der Waals surface area (Å²) in [6.07, 6.45) is 3.10. The third-order valence-electron chi connectivity index (χ3n) is 2.84. The largest absolute Gasteiger partial charge is 0.347 e. The summed E-state index contributed by atoms with van der Waals surface area (Å²) in [6, 6.07) is 2.20. The van der Waals surface area contributed by atoms with Gasteiger partial charge in [-0.05, 0) is 23.4 Å². The molecule has 0 bridgehead atoms. The minimum absolute atomic E-state index is 0.256. The standard InChI is InChI=1S/C10H12O2S/c1-3-10(11-4-5-12-10)7-8-2-6-13-9(1)8/h2,6H,1,3-5,7H2. The summed E-state index contributed by atoms with van der Waals surface area (Å²) in [5.41, 5.74) is 1.43. The van der Waals surface area contributed by atoms with Gasteiger partial charge < -0.3 is 9.47 Å². The Hall–Kier alpha value is -0.380. The van der Waals surface area contributed by atoms with E-state index in [1.807, 2.05) is 11.3 Å². The van der Waals surface area contributed by atoms with E-state index in [2.05, 4.69) is 11.4 Å². The first-order valence-electron chi connectivity index (χ1n) is 4.71. The molecule has 3 rings (SSSR count). The molecule has 2 aliphatic rings.